The van der Waals surface area contributed by atoms with Gasteiger partial charge in [0.25, 0.3) is 0 Å². The van der Waals surface area contributed by atoms with Crippen molar-refractivity contribution in [3.63, 3.8) is 0 Å². The molecule has 1 aromatic rings. The molecule has 1 saturated heterocycles. The average molecular weight is 324 g/mol. The number of piperazine rings is 1. The Kier molecular flexibility index (Phi) is 6.01. The fourth-order valence-corrected chi connectivity index (χ4v) is 3.25. The second kappa shape index (κ2) is 7.57. The number of nitrogens with zero attached hydrogens (tertiary/aromatic N) is 2. The minimum atomic E-state index is -0.325. The zero-order valence-corrected chi connectivity index (χ0v) is 14.7. The van der Waals surface area contributed by atoms with Gasteiger partial charge in [-0.25, -0.2) is 0 Å². The standard InChI is InChI=1S/C17H28N2O2S/c1-17(2,3)15(20)13-18-8-10-19(11-9-18)16(21)7-6-14-5-4-12-22-14/h4-5,12,15,20H,6-11,13H2,1-3H3/t15-/m1/s1. The molecule has 2 rings (SSSR count). The third kappa shape index (κ3) is 5.07. The van der Waals surface area contributed by atoms with Gasteiger partial charge in [-0.15, -0.1) is 11.3 Å². The number of carbonyl (C=O) groups excluding carboxylic acids is 1. The van der Waals surface area contributed by atoms with E-state index in [-0.39, 0.29) is 17.4 Å². The maximum absolute atomic E-state index is 12.2. The van der Waals surface area contributed by atoms with Crippen molar-refractivity contribution in [1.29, 1.82) is 0 Å². The Bertz CT molecular complexity index is 460. The smallest absolute Gasteiger partial charge is 0.223 e. The largest absolute Gasteiger partial charge is 0.391 e. The molecule has 0 unspecified atom stereocenters. The first-order valence-corrected chi connectivity index (χ1v) is 8.95. The van der Waals surface area contributed by atoms with E-state index in [0.717, 1.165) is 32.6 Å². The zero-order chi connectivity index (χ0) is 16.2. The Morgan fingerprint density at radius 3 is 2.55 bits per heavy atom. The normalized spacial score (nSPS) is 18.5. The van der Waals surface area contributed by atoms with Crippen molar-refractivity contribution in [2.24, 2.45) is 5.41 Å². The molecule has 0 aromatic carbocycles. The van der Waals surface area contributed by atoms with Crippen LogP contribution in [0.25, 0.3) is 0 Å². The number of aliphatic hydroxyl groups is 1. The van der Waals surface area contributed by atoms with E-state index in [4.69, 9.17) is 0 Å². The minimum absolute atomic E-state index is 0.0896. The molecule has 22 heavy (non-hydrogen) atoms. The molecular formula is C17H28N2O2S. The quantitative estimate of drug-likeness (QED) is 0.903. The number of amides is 1. The molecule has 1 aliphatic heterocycles. The highest BCUT2D eigenvalue weighted by Crippen LogP contribution is 2.20. The van der Waals surface area contributed by atoms with Gasteiger partial charge in [0.05, 0.1) is 6.10 Å². The van der Waals surface area contributed by atoms with Crippen LogP contribution in [0.2, 0.25) is 0 Å². The third-order valence-electron chi connectivity index (χ3n) is 4.32. The van der Waals surface area contributed by atoms with E-state index >= 15 is 0 Å². The van der Waals surface area contributed by atoms with Gasteiger partial charge in [-0.05, 0) is 23.3 Å². The van der Waals surface area contributed by atoms with Crippen LogP contribution in [0.3, 0.4) is 0 Å². The van der Waals surface area contributed by atoms with E-state index < -0.39 is 0 Å². The number of aryl methyl sites for hydroxylation is 1. The van der Waals surface area contributed by atoms with Crippen molar-refractivity contribution in [3.8, 4) is 0 Å². The molecule has 4 nitrogen and oxygen atoms in total. The van der Waals surface area contributed by atoms with Gasteiger partial charge in [-0.2, -0.15) is 0 Å². The summed E-state index contributed by atoms with van der Waals surface area (Å²) in [6, 6.07) is 4.12. The number of hydrogen-bond acceptors (Lipinski definition) is 4. The van der Waals surface area contributed by atoms with Gasteiger partial charge < -0.3 is 10.0 Å². The molecule has 0 saturated carbocycles. The number of hydrogen-bond donors (Lipinski definition) is 1. The molecular weight excluding hydrogens is 296 g/mol. The van der Waals surface area contributed by atoms with E-state index in [1.165, 1.54) is 4.88 Å². The highest BCUT2D eigenvalue weighted by atomic mass is 32.1. The van der Waals surface area contributed by atoms with Crippen LogP contribution >= 0.6 is 11.3 Å². The number of carbonyl (C=O) groups is 1. The fourth-order valence-electron chi connectivity index (χ4n) is 2.54. The van der Waals surface area contributed by atoms with Crippen LogP contribution < -0.4 is 0 Å². The van der Waals surface area contributed by atoms with E-state index in [0.29, 0.717) is 13.0 Å². The summed E-state index contributed by atoms with van der Waals surface area (Å²) < 4.78 is 0. The Labute approximate surface area is 137 Å². The molecule has 2 heterocycles. The van der Waals surface area contributed by atoms with Crippen molar-refractivity contribution in [3.05, 3.63) is 22.4 Å². The second-order valence-electron chi connectivity index (χ2n) is 7.14. The van der Waals surface area contributed by atoms with Crippen LogP contribution in [-0.2, 0) is 11.2 Å². The summed E-state index contributed by atoms with van der Waals surface area (Å²) in [6.45, 7) is 10.1. The molecule has 1 aliphatic rings. The highest BCUT2D eigenvalue weighted by molar-refractivity contribution is 7.09. The van der Waals surface area contributed by atoms with Crippen molar-refractivity contribution in [1.82, 2.24) is 9.80 Å². The number of thiophene rings is 1. The summed E-state index contributed by atoms with van der Waals surface area (Å²) in [5, 5.41) is 12.2. The lowest BCUT2D eigenvalue weighted by atomic mass is 9.89. The first-order chi connectivity index (χ1) is 10.4. The van der Waals surface area contributed by atoms with Crippen LogP contribution in [0.1, 0.15) is 32.1 Å². The Hall–Kier alpha value is -0.910. The van der Waals surface area contributed by atoms with Crippen LogP contribution in [0.15, 0.2) is 17.5 Å². The first kappa shape index (κ1) is 17.4. The molecule has 0 spiro atoms. The Morgan fingerprint density at radius 2 is 2.00 bits per heavy atom. The van der Waals surface area contributed by atoms with Crippen molar-refractivity contribution >= 4 is 17.2 Å². The van der Waals surface area contributed by atoms with Crippen LogP contribution in [-0.4, -0.2) is 59.6 Å². The summed E-state index contributed by atoms with van der Waals surface area (Å²) in [4.78, 5) is 17.8. The van der Waals surface area contributed by atoms with E-state index in [1.54, 1.807) is 11.3 Å². The molecule has 1 aromatic heterocycles. The Morgan fingerprint density at radius 1 is 1.32 bits per heavy atom. The predicted octanol–water partition coefficient (Wildman–Crippen LogP) is 2.23. The lowest BCUT2D eigenvalue weighted by Gasteiger charge is -2.38. The molecule has 1 fully saturated rings. The minimum Gasteiger partial charge on any atom is -0.391 e. The summed E-state index contributed by atoms with van der Waals surface area (Å²) in [5.74, 6) is 0.254. The topological polar surface area (TPSA) is 43.8 Å². The number of rotatable bonds is 5. The maximum Gasteiger partial charge on any atom is 0.223 e. The Balaban J connectivity index is 1.71. The summed E-state index contributed by atoms with van der Waals surface area (Å²) >= 11 is 1.71. The van der Waals surface area contributed by atoms with E-state index in [2.05, 4.69) is 37.1 Å². The van der Waals surface area contributed by atoms with Crippen molar-refractivity contribution in [2.45, 2.75) is 39.7 Å². The molecule has 1 atom stereocenters. The molecule has 5 heteroatoms. The van der Waals surface area contributed by atoms with Crippen LogP contribution in [0.5, 0.6) is 0 Å². The molecule has 0 aliphatic carbocycles. The lowest BCUT2D eigenvalue weighted by molar-refractivity contribution is -0.133. The number of β-amino-alcohol motifs (C(OH)–C–C–N with tert-alkyl or cyclic N) is 1. The van der Waals surface area contributed by atoms with Gasteiger partial charge in [0.15, 0.2) is 0 Å². The molecule has 1 N–H and O–H groups in total. The monoisotopic (exact) mass is 324 g/mol. The van der Waals surface area contributed by atoms with Gasteiger partial charge >= 0.3 is 0 Å². The van der Waals surface area contributed by atoms with Gasteiger partial charge in [-0.1, -0.05) is 26.8 Å². The van der Waals surface area contributed by atoms with Gasteiger partial charge in [0.1, 0.15) is 0 Å². The molecule has 1 amide bonds. The van der Waals surface area contributed by atoms with Gasteiger partial charge in [-0.3, -0.25) is 9.69 Å². The zero-order valence-electron chi connectivity index (χ0n) is 13.9. The van der Waals surface area contributed by atoms with E-state index in [9.17, 15) is 9.90 Å². The predicted molar refractivity (Wildman–Crippen MR) is 91.1 cm³/mol. The molecule has 0 radical (unpaired) electrons. The fraction of sp³-hybridized carbons (Fsp3) is 0.706. The summed E-state index contributed by atoms with van der Waals surface area (Å²) in [5.41, 5.74) is -0.0896. The van der Waals surface area contributed by atoms with Crippen molar-refractivity contribution in [2.75, 3.05) is 32.7 Å². The summed E-state index contributed by atoms with van der Waals surface area (Å²) in [6.07, 6.45) is 1.12. The molecule has 0 bridgehead atoms. The number of aliphatic hydroxyl groups excluding tert-OH is 1. The second-order valence-corrected chi connectivity index (χ2v) is 8.17. The average Bonchev–Trinajstić information content (AvgIpc) is 2.98. The SMILES string of the molecule is CC(C)(C)[C@H](O)CN1CCN(C(=O)CCc2cccs2)CC1. The summed E-state index contributed by atoms with van der Waals surface area (Å²) in [7, 11) is 0. The van der Waals surface area contributed by atoms with Crippen LogP contribution in [0, 0.1) is 5.41 Å². The third-order valence-corrected chi connectivity index (χ3v) is 5.26. The maximum atomic E-state index is 12.2. The van der Waals surface area contributed by atoms with Gasteiger partial charge in [0, 0.05) is 44.0 Å². The highest BCUT2D eigenvalue weighted by Gasteiger charge is 2.27. The van der Waals surface area contributed by atoms with Gasteiger partial charge in [0.2, 0.25) is 5.91 Å². The van der Waals surface area contributed by atoms with Crippen LogP contribution in [0.4, 0.5) is 0 Å². The first-order valence-electron chi connectivity index (χ1n) is 8.07. The molecule has 124 valence electrons. The van der Waals surface area contributed by atoms with Crippen molar-refractivity contribution < 1.29 is 9.90 Å². The van der Waals surface area contributed by atoms with E-state index in [1.807, 2.05) is 11.0 Å². The lowest BCUT2D eigenvalue weighted by Crippen LogP contribution is -2.51.